The number of carbonyl (C=O) groups is 1. The van der Waals surface area contributed by atoms with Crippen molar-refractivity contribution in [3.8, 4) is 5.75 Å². The maximum absolute atomic E-state index is 13.5. The Kier molecular flexibility index (Phi) is 5.38. The molecule has 2 atom stereocenters. The molecule has 30 heavy (non-hydrogen) atoms. The predicted molar refractivity (Wildman–Crippen MR) is 122 cm³/mol. The lowest BCUT2D eigenvalue weighted by Crippen LogP contribution is -2.27. The molecule has 154 valence electrons. The Morgan fingerprint density at radius 1 is 0.900 bits per heavy atom. The summed E-state index contributed by atoms with van der Waals surface area (Å²) in [4.78, 5) is 13.5. The summed E-state index contributed by atoms with van der Waals surface area (Å²) < 4.78 is 5.23. The van der Waals surface area contributed by atoms with Gasteiger partial charge in [0.25, 0.3) is 0 Å². The van der Waals surface area contributed by atoms with E-state index < -0.39 is 0 Å². The van der Waals surface area contributed by atoms with Crippen LogP contribution < -0.4 is 10.1 Å². The molecular weight excluding hydrogens is 370 g/mol. The van der Waals surface area contributed by atoms with Gasteiger partial charge in [-0.2, -0.15) is 0 Å². The van der Waals surface area contributed by atoms with Crippen molar-refractivity contribution >= 4 is 11.6 Å². The first-order valence-corrected chi connectivity index (χ1v) is 10.5. The number of amides is 1. The van der Waals surface area contributed by atoms with E-state index in [1.54, 1.807) is 7.11 Å². The summed E-state index contributed by atoms with van der Waals surface area (Å²) in [6.07, 6.45) is 0.767. The minimum Gasteiger partial charge on any atom is -0.497 e. The summed E-state index contributed by atoms with van der Waals surface area (Å²) in [6, 6.07) is 18.5. The molecule has 3 nitrogen and oxygen atoms in total. The number of ether oxygens (including phenoxy) is 1. The second kappa shape index (κ2) is 7.98. The van der Waals surface area contributed by atoms with Crippen molar-refractivity contribution in [2.75, 3.05) is 12.4 Å². The first kappa shape index (κ1) is 20.2. The highest BCUT2D eigenvalue weighted by molar-refractivity contribution is 5.94. The Morgan fingerprint density at radius 2 is 1.57 bits per heavy atom. The SMILES string of the molecule is COc1ccc(NC(=O)C2Cc3c(C)ccc(C)c3C2c2cc(C)ccc2C)cc1. The van der Waals surface area contributed by atoms with Gasteiger partial charge in [0.15, 0.2) is 0 Å². The van der Waals surface area contributed by atoms with Crippen molar-refractivity contribution in [1.29, 1.82) is 0 Å². The lowest BCUT2D eigenvalue weighted by molar-refractivity contribution is -0.120. The van der Waals surface area contributed by atoms with Crippen molar-refractivity contribution in [2.45, 2.75) is 40.0 Å². The molecule has 1 amide bonds. The number of aryl methyl sites for hydroxylation is 4. The Morgan fingerprint density at radius 3 is 2.27 bits per heavy atom. The molecule has 0 fully saturated rings. The third-order valence-corrected chi connectivity index (χ3v) is 6.41. The van der Waals surface area contributed by atoms with Crippen molar-refractivity contribution in [1.82, 2.24) is 0 Å². The van der Waals surface area contributed by atoms with E-state index in [1.165, 1.54) is 38.9 Å². The number of benzene rings is 3. The van der Waals surface area contributed by atoms with Crippen LogP contribution in [0.25, 0.3) is 0 Å². The minimum atomic E-state index is -0.137. The monoisotopic (exact) mass is 399 g/mol. The molecule has 0 bridgehead atoms. The fourth-order valence-electron chi connectivity index (χ4n) is 4.75. The lowest BCUT2D eigenvalue weighted by Gasteiger charge is -2.24. The highest BCUT2D eigenvalue weighted by Crippen LogP contribution is 2.46. The van der Waals surface area contributed by atoms with Gasteiger partial charge in [-0.3, -0.25) is 4.79 Å². The Labute approximate surface area is 179 Å². The molecular formula is C27H29NO2. The fourth-order valence-corrected chi connectivity index (χ4v) is 4.75. The maximum atomic E-state index is 13.5. The molecule has 0 aliphatic heterocycles. The second-order valence-electron chi connectivity index (χ2n) is 8.46. The molecule has 3 aromatic rings. The van der Waals surface area contributed by atoms with Gasteiger partial charge in [-0.05, 0) is 91.8 Å². The van der Waals surface area contributed by atoms with Crippen molar-refractivity contribution in [3.63, 3.8) is 0 Å². The van der Waals surface area contributed by atoms with Gasteiger partial charge in [-0.25, -0.2) is 0 Å². The fraction of sp³-hybridized carbons (Fsp3) is 0.296. The molecule has 0 heterocycles. The summed E-state index contributed by atoms with van der Waals surface area (Å²) in [7, 11) is 1.64. The number of carbonyl (C=O) groups excluding carboxylic acids is 1. The smallest absolute Gasteiger partial charge is 0.228 e. The van der Waals surface area contributed by atoms with Crippen LogP contribution in [0.15, 0.2) is 54.6 Å². The van der Waals surface area contributed by atoms with Crippen LogP contribution >= 0.6 is 0 Å². The topological polar surface area (TPSA) is 38.3 Å². The molecule has 0 spiro atoms. The van der Waals surface area contributed by atoms with E-state index in [4.69, 9.17) is 4.74 Å². The lowest BCUT2D eigenvalue weighted by atomic mass is 9.81. The number of hydrogen-bond donors (Lipinski definition) is 1. The molecule has 0 saturated carbocycles. The summed E-state index contributed by atoms with van der Waals surface area (Å²) in [5, 5.41) is 3.15. The molecule has 0 radical (unpaired) electrons. The number of anilines is 1. The predicted octanol–water partition coefficient (Wildman–Crippen LogP) is 5.87. The van der Waals surface area contributed by atoms with Gasteiger partial charge in [0.05, 0.1) is 13.0 Å². The molecule has 4 rings (SSSR count). The van der Waals surface area contributed by atoms with Gasteiger partial charge in [-0.1, -0.05) is 35.9 Å². The maximum Gasteiger partial charge on any atom is 0.228 e. The molecule has 1 aliphatic rings. The van der Waals surface area contributed by atoms with Crippen LogP contribution in [0.5, 0.6) is 5.75 Å². The van der Waals surface area contributed by atoms with Gasteiger partial charge in [0, 0.05) is 11.6 Å². The largest absolute Gasteiger partial charge is 0.497 e. The number of fused-ring (bicyclic) bond motifs is 1. The zero-order chi connectivity index (χ0) is 21.4. The van der Waals surface area contributed by atoms with Crippen molar-refractivity contribution < 1.29 is 9.53 Å². The highest BCUT2D eigenvalue weighted by Gasteiger charge is 2.40. The van der Waals surface area contributed by atoms with Crippen LogP contribution in [0.2, 0.25) is 0 Å². The zero-order valence-corrected chi connectivity index (χ0v) is 18.4. The van der Waals surface area contributed by atoms with E-state index in [2.05, 4.69) is 63.3 Å². The number of nitrogens with one attached hydrogen (secondary N) is 1. The average molecular weight is 400 g/mol. The summed E-state index contributed by atoms with van der Waals surface area (Å²) in [6.45, 7) is 8.59. The average Bonchev–Trinajstić information content (AvgIpc) is 3.15. The van der Waals surface area contributed by atoms with Crippen LogP contribution in [0, 0.1) is 33.6 Å². The third-order valence-electron chi connectivity index (χ3n) is 6.41. The molecule has 1 aliphatic carbocycles. The van der Waals surface area contributed by atoms with Gasteiger partial charge in [-0.15, -0.1) is 0 Å². The molecule has 0 saturated heterocycles. The minimum absolute atomic E-state index is 0.0676. The molecule has 2 unspecified atom stereocenters. The highest BCUT2D eigenvalue weighted by atomic mass is 16.5. The van der Waals surface area contributed by atoms with Crippen molar-refractivity contribution in [2.24, 2.45) is 5.92 Å². The van der Waals surface area contributed by atoms with Crippen molar-refractivity contribution in [3.05, 3.63) is 93.5 Å². The van der Waals surface area contributed by atoms with E-state index in [9.17, 15) is 4.79 Å². The van der Waals surface area contributed by atoms with Gasteiger partial charge < -0.3 is 10.1 Å². The molecule has 0 aromatic heterocycles. The number of methoxy groups -OCH3 is 1. The van der Waals surface area contributed by atoms with Crippen LogP contribution in [0.1, 0.15) is 44.9 Å². The second-order valence-corrected chi connectivity index (χ2v) is 8.46. The van der Waals surface area contributed by atoms with Gasteiger partial charge in [0.2, 0.25) is 5.91 Å². The standard InChI is InChI=1S/C27H29NO2/c1-16-6-7-17(2)22(14-16)26-24(15-23-18(3)8-9-19(4)25(23)26)27(29)28-20-10-12-21(30-5)13-11-20/h6-14,24,26H,15H2,1-5H3,(H,28,29). The summed E-state index contributed by atoms with van der Waals surface area (Å²) in [5.74, 6) is 0.780. The first-order chi connectivity index (χ1) is 14.4. The van der Waals surface area contributed by atoms with Gasteiger partial charge >= 0.3 is 0 Å². The summed E-state index contributed by atoms with van der Waals surface area (Å²) >= 11 is 0. The molecule has 3 aromatic carbocycles. The Hall–Kier alpha value is -3.07. The number of rotatable bonds is 4. The van der Waals surface area contributed by atoms with Crippen LogP contribution in [-0.4, -0.2) is 13.0 Å². The third kappa shape index (κ3) is 3.60. The van der Waals surface area contributed by atoms with E-state index in [0.29, 0.717) is 0 Å². The first-order valence-electron chi connectivity index (χ1n) is 10.5. The van der Waals surface area contributed by atoms with E-state index in [1.807, 2.05) is 24.3 Å². The van der Waals surface area contributed by atoms with Crippen LogP contribution in [-0.2, 0) is 11.2 Å². The van der Waals surface area contributed by atoms with Gasteiger partial charge in [0.1, 0.15) is 5.75 Å². The quantitative estimate of drug-likeness (QED) is 0.596. The molecule has 3 heteroatoms. The summed E-state index contributed by atoms with van der Waals surface area (Å²) in [5.41, 5.74) is 9.72. The van der Waals surface area contributed by atoms with E-state index in [-0.39, 0.29) is 17.7 Å². The Balaban J connectivity index is 1.75. The zero-order valence-electron chi connectivity index (χ0n) is 18.4. The van der Waals surface area contributed by atoms with Crippen LogP contribution in [0.4, 0.5) is 5.69 Å². The molecule has 1 N–H and O–H groups in total. The van der Waals surface area contributed by atoms with E-state index in [0.717, 1.165) is 17.9 Å². The van der Waals surface area contributed by atoms with E-state index >= 15 is 0 Å². The number of hydrogen-bond acceptors (Lipinski definition) is 2. The normalized spacial score (nSPS) is 17.5. The van der Waals surface area contributed by atoms with Crippen LogP contribution in [0.3, 0.4) is 0 Å². The Bertz CT molecular complexity index is 1100.